The lowest BCUT2D eigenvalue weighted by Crippen LogP contribution is -2.23. The molecule has 1 N–H and O–H groups in total. The molecule has 2 aromatic rings. The van der Waals surface area contributed by atoms with E-state index in [0.717, 1.165) is 12.4 Å². The molecule has 21 heavy (non-hydrogen) atoms. The van der Waals surface area contributed by atoms with Crippen LogP contribution in [-0.4, -0.2) is 21.3 Å². The third kappa shape index (κ3) is 3.02. The van der Waals surface area contributed by atoms with Crippen LogP contribution in [0.5, 0.6) is 0 Å². The first-order valence-corrected chi connectivity index (χ1v) is 7.91. The van der Waals surface area contributed by atoms with Gasteiger partial charge in [0.05, 0.1) is 6.54 Å². The largest absolute Gasteiger partial charge is 0.346 e. The zero-order valence-corrected chi connectivity index (χ0v) is 13.1. The number of hydrogen-bond acceptors (Lipinski definition) is 4. The van der Waals surface area contributed by atoms with Crippen LogP contribution in [0.3, 0.4) is 0 Å². The summed E-state index contributed by atoms with van der Waals surface area (Å²) >= 11 is 0. The summed E-state index contributed by atoms with van der Waals surface area (Å²) < 4.78 is 7.46. The van der Waals surface area contributed by atoms with Gasteiger partial charge >= 0.3 is 0 Å². The number of aryl methyl sites for hydroxylation is 1. The highest BCUT2D eigenvalue weighted by molar-refractivity contribution is 5.30. The Morgan fingerprint density at radius 2 is 2.29 bits per heavy atom. The number of hydrogen-bond donors (Lipinski definition) is 1. The highest BCUT2D eigenvalue weighted by Gasteiger charge is 2.21. The van der Waals surface area contributed by atoms with Gasteiger partial charge < -0.3 is 14.4 Å². The van der Waals surface area contributed by atoms with E-state index in [-0.39, 0.29) is 5.92 Å². The molecule has 5 heteroatoms. The van der Waals surface area contributed by atoms with Gasteiger partial charge in [-0.2, -0.15) is 4.98 Å². The summed E-state index contributed by atoms with van der Waals surface area (Å²) in [6.45, 7) is 7.98. The first kappa shape index (κ1) is 14.3. The fraction of sp³-hybridized carbons (Fsp3) is 0.625. The molecule has 5 nitrogen and oxygen atoms in total. The molecule has 3 rings (SSSR count). The molecule has 0 spiro atoms. The molecule has 0 aromatic carbocycles. The van der Waals surface area contributed by atoms with Crippen molar-refractivity contribution < 1.29 is 4.52 Å². The first-order chi connectivity index (χ1) is 10.2. The van der Waals surface area contributed by atoms with Crippen LogP contribution >= 0.6 is 0 Å². The van der Waals surface area contributed by atoms with Crippen LogP contribution in [0.25, 0.3) is 0 Å². The number of nitrogens with zero attached hydrogens (tertiary/aromatic N) is 3. The quantitative estimate of drug-likeness (QED) is 0.919. The lowest BCUT2D eigenvalue weighted by molar-refractivity contribution is 0.360. The number of nitrogens with one attached hydrogen (secondary N) is 1. The van der Waals surface area contributed by atoms with Crippen LogP contribution < -0.4 is 5.32 Å². The van der Waals surface area contributed by atoms with E-state index in [9.17, 15) is 0 Å². The molecule has 0 saturated carbocycles. The van der Waals surface area contributed by atoms with Crippen LogP contribution in [-0.2, 0) is 13.0 Å². The zero-order chi connectivity index (χ0) is 14.8. The molecule has 0 aliphatic heterocycles. The van der Waals surface area contributed by atoms with E-state index in [1.54, 1.807) is 0 Å². The van der Waals surface area contributed by atoms with Crippen molar-refractivity contribution in [3.8, 4) is 0 Å². The molecule has 0 saturated heterocycles. The Balaban J connectivity index is 1.77. The minimum Gasteiger partial charge on any atom is -0.346 e. The third-order valence-corrected chi connectivity index (χ3v) is 4.06. The van der Waals surface area contributed by atoms with Crippen LogP contribution in [0.4, 0.5) is 0 Å². The first-order valence-electron chi connectivity index (χ1n) is 7.91. The van der Waals surface area contributed by atoms with Crippen LogP contribution in [0.2, 0.25) is 0 Å². The Bertz CT molecular complexity index is 599. The summed E-state index contributed by atoms with van der Waals surface area (Å²) in [5.74, 6) is 1.75. The van der Waals surface area contributed by atoms with E-state index < -0.39 is 0 Å². The molecule has 0 fully saturated rings. The lowest BCUT2D eigenvalue weighted by atomic mass is 9.91. The highest BCUT2D eigenvalue weighted by Crippen LogP contribution is 2.30. The monoisotopic (exact) mass is 288 g/mol. The minimum atomic E-state index is 0.280. The molecule has 2 aromatic heterocycles. The van der Waals surface area contributed by atoms with Gasteiger partial charge in [-0.25, -0.2) is 0 Å². The van der Waals surface area contributed by atoms with Gasteiger partial charge in [-0.15, -0.1) is 0 Å². The second-order valence-corrected chi connectivity index (χ2v) is 6.12. The second-order valence-electron chi connectivity index (χ2n) is 6.12. The summed E-state index contributed by atoms with van der Waals surface area (Å²) in [6.07, 6.45) is 8.14. The summed E-state index contributed by atoms with van der Waals surface area (Å²) in [5.41, 5.74) is 2.90. The Kier molecular flexibility index (Phi) is 4.10. The molecule has 1 atom stereocenters. The van der Waals surface area contributed by atoms with Crippen molar-refractivity contribution in [1.29, 1.82) is 0 Å². The van der Waals surface area contributed by atoms with Gasteiger partial charge in [0.2, 0.25) is 5.89 Å². The fourth-order valence-electron chi connectivity index (χ4n) is 3.03. The summed E-state index contributed by atoms with van der Waals surface area (Å²) in [4.78, 5) is 4.45. The highest BCUT2D eigenvalue weighted by atomic mass is 16.5. The predicted octanol–water partition coefficient (Wildman–Crippen LogP) is 3.03. The number of rotatable bonds is 5. The van der Waals surface area contributed by atoms with Crippen molar-refractivity contribution in [3.05, 3.63) is 35.2 Å². The Morgan fingerprint density at radius 1 is 1.43 bits per heavy atom. The average Bonchev–Trinajstić information content (AvgIpc) is 3.06. The summed E-state index contributed by atoms with van der Waals surface area (Å²) in [5, 5.41) is 7.65. The normalized spacial score (nSPS) is 18.2. The third-order valence-electron chi connectivity index (χ3n) is 4.06. The van der Waals surface area contributed by atoms with Crippen molar-refractivity contribution in [2.24, 2.45) is 0 Å². The topological polar surface area (TPSA) is 55.9 Å². The van der Waals surface area contributed by atoms with Gasteiger partial charge in [0.25, 0.3) is 0 Å². The van der Waals surface area contributed by atoms with E-state index >= 15 is 0 Å². The molecule has 0 radical (unpaired) electrons. The van der Waals surface area contributed by atoms with Crippen molar-refractivity contribution in [1.82, 2.24) is 20.0 Å². The molecule has 114 valence electrons. The average molecular weight is 288 g/mol. The molecule has 1 aliphatic carbocycles. The number of aromatic nitrogens is 3. The summed E-state index contributed by atoms with van der Waals surface area (Å²) in [6, 6.07) is 0.497. The Labute approximate surface area is 125 Å². The van der Waals surface area contributed by atoms with Crippen molar-refractivity contribution in [2.75, 3.05) is 6.54 Å². The molecular formula is C16H24N4O. The van der Waals surface area contributed by atoms with E-state index in [1.807, 2.05) is 0 Å². The summed E-state index contributed by atoms with van der Waals surface area (Å²) in [7, 11) is 0. The SMILES string of the molecule is CCNC1CCCc2cn(Cc3noc(C(C)C)n3)cc21. The van der Waals surface area contributed by atoms with E-state index in [4.69, 9.17) is 4.52 Å². The predicted molar refractivity (Wildman–Crippen MR) is 81.3 cm³/mol. The van der Waals surface area contributed by atoms with Crippen LogP contribution in [0, 0.1) is 0 Å². The molecule has 0 bridgehead atoms. The maximum atomic E-state index is 5.27. The molecule has 1 unspecified atom stereocenters. The maximum absolute atomic E-state index is 5.27. The van der Waals surface area contributed by atoms with Gasteiger partial charge in [0.1, 0.15) is 0 Å². The Hall–Kier alpha value is -1.62. The molecular weight excluding hydrogens is 264 g/mol. The van der Waals surface area contributed by atoms with Crippen molar-refractivity contribution in [2.45, 2.75) is 58.5 Å². The van der Waals surface area contributed by atoms with E-state index in [2.05, 4.69) is 53.2 Å². The van der Waals surface area contributed by atoms with Crippen LogP contribution in [0.1, 0.15) is 68.4 Å². The fourth-order valence-corrected chi connectivity index (χ4v) is 3.03. The van der Waals surface area contributed by atoms with Gasteiger partial charge in [-0.3, -0.25) is 0 Å². The van der Waals surface area contributed by atoms with Gasteiger partial charge in [-0.05, 0) is 36.9 Å². The van der Waals surface area contributed by atoms with E-state index in [0.29, 0.717) is 18.5 Å². The lowest BCUT2D eigenvalue weighted by Gasteiger charge is -2.22. The van der Waals surface area contributed by atoms with Crippen molar-refractivity contribution in [3.63, 3.8) is 0 Å². The minimum absolute atomic E-state index is 0.280. The van der Waals surface area contributed by atoms with Crippen molar-refractivity contribution >= 4 is 0 Å². The molecule has 1 aliphatic rings. The van der Waals surface area contributed by atoms with E-state index in [1.165, 1.54) is 30.4 Å². The van der Waals surface area contributed by atoms with Gasteiger partial charge in [0.15, 0.2) is 5.82 Å². The number of fused-ring (bicyclic) bond motifs is 1. The molecule has 2 heterocycles. The maximum Gasteiger partial charge on any atom is 0.229 e. The zero-order valence-electron chi connectivity index (χ0n) is 13.1. The van der Waals surface area contributed by atoms with Gasteiger partial charge in [-0.1, -0.05) is 25.9 Å². The smallest absolute Gasteiger partial charge is 0.229 e. The van der Waals surface area contributed by atoms with Gasteiger partial charge in [0, 0.05) is 24.4 Å². The second kappa shape index (κ2) is 6.02. The molecule has 0 amide bonds. The standard InChI is InChI=1S/C16H24N4O/c1-4-17-14-7-5-6-12-8-20(9-13(12)14)10-15-18-16(11(2)3)21-19-15/h8-9,11,14,17H,4-7,10H2,1-3H3. The Morgan fingerprint density at radius 3 is 3.00 bits per heavy atom. The van der Waals surface area contributed by atoms with Crippen LogP contribution in [0.15, 0.2) is 16.9 Å².